The molecule has 0 N–H and O–H groups in total. The number of methoxy groups -OCH3 is 1. The number of para-hydroxylation sites is 2. The molecule has 2 aliphatic heterocycles. The fourth-order valence-corrected chi connectivity index (χ4v) is 6.49. The van der Waals surface area contributed by atoms with Gasteiger partial charge in [-0.3, -0.25) is 14.6 Å². The van der Waals surface area contributed by atoms with Gasteiger partial charge in [-0.05, 0) is 50.1 Å². The number of aryl methyl sites for hydroxylation is 1. The van der Waals surface area contributed by atoms with Crippen molar-refractivity contribution in [2.75, 3.05) is 57.9 Å². The molecule has 0 radical (unpaired) electrons. The van der Waals surface area contributed by atoms with Gasteiger partial charge in [0.05, 0.1) is 29.5 Å². The molecule has 0 bridgehead atoms. The Morgan fingerprint density at radius 2 is 1.70 bits per heavy atom. The number of pyridine rings is 1. The van der Waals surface area contributed by atoms with E-state index in [9.17, 15) is 22.8 Å². The molecule has 12 heteroatoms. The van der Waals surface area contributed by atoms with Gasteiger partial charge in [-0.25, -0.2) is 0 Å². The number of alkyl halides is 3. The van der Waals surface area contributed by atoms with E-state index in [4.69, 9.17) is 14.2 Å². The highest BCUT2D eigenvalue weighted by Gasteiger charge is 2.55. The van der Waals surface area contributed by atoms with E-state index in [2.05, 4.69) is 29.6 Å². The second kappa shape index (κ2) is 17.2. The van der Waals surface area contributed by atoms with Crippen molar-refractivity contribution < 1.29 is 37.0 Å². The third-order valence-corrected chi connectivity index (χ3v) is 8.87. The van der Waals surface area contributed by atoms with Crippen LogP contribution in [0.3, 0.4) is 0 Å². The van der Waals surface area contributed by atoms with Crippen LogP contribution in [0.25, 0.3) is 0 Å². The molecule has 0 aliphatic carbocycles. The molecule has 1 aromatic heterocycles. The van der Waals surface area contributed by atoms with Crippen LogP contribution in [-0.2, 0) is 15.7 Å². The van der Waals surface area contributed by atoms with Crippen molar-refractivity contribution >= 4 is 17.5 Å². The number of rotatable bonds is 11. The van der Waals surface area contributed by atoms with Crippen molar-refractivity contribution in [1.29, 1.82) is 0 Å². The van der Waals surface area contributed by atoms with Gasteiger partial charge >= 0.3 is 6.18 Å². The molecule has 2 atom stereocenters. The Bertz CT molecular complexity index is 1590. The molecule has 50 heavy (non-hydrogen) atoms. The maximum atomic E-state index is 14.8. The predicted molar refractivity (Wildman–Crippen MR) is 187 cm³/mol. The van der Waals surface area contributed by atoms with Crippen LogP contribution < -0.4 is 14.4 Å². The molecule has 0 spiro atoms. The molecule has 2 aromatic carbocycles. The standard InChI is InChI=1S/C36H41F3N4O5.C2H4/c1-4-8-32-35(48-27-13-11-26(2)12-14-27,16-7-18-43(32)33(44)28-25-40-17-15-29(28)36(37,38)39)34(45)42-21-19-41(20-22-42)30-9-5-6-10-31(30)47-24-23-46-3;1-2/h4-6,9-15,17,25,32H,1,7-8,16,18-24H2,2-3H3;1-2H2. The van der Waals surface area contributed by atoms with Crippen molar-refractivity contribution in [2.45, 2.75) is 44.0 Å². The number of carbonyl (C=O) groups excluding carboxylic acids is 2. The van der Waals surface area contributed by atoms with Crippen molar-refractivity contribution in [1.82, 2.24) is 14.8 Å². The number of amides is 2. The number of benzene rings is 2. The number of likely N-dealkylation sites (tertiary alicyclic amines) is 1. The molecule has 0 saturated carbocycles. The predicted octanol–water partition coefficient (Wildman–Crippen LogP) is 6.58. The molecule has 5 rings (SSSR count). The summed E-state index contributed by atoms with van der Waals surface area (Å²) >= 11 is 0. The fraction of sp³-hybridized carbons (Fsp3) is 0.395. The van der Waals surface area contributed by atoms with Gasteiger partial charge in [-0.1, -0.05) is 35.9 Å². The zero-order valence-corrected chi connectivity index (χ0v) is 28.7. The van der Waals surface area contributed by atoms with E-state index in [-0.39, 0.29) is 25.3 Å². The van der Waals surface area contributed by atoms with Crippen molar-refractivity contribution in [3.63, 3.8) is 0 Å². The summed E-state index contributed by atoms with van der Waals surface area (Å²) in [5.41, 5.74) is -1.34. The van der Waals surface area contributed by atoms with E-state index < -0.39 is 34.9 Å². The number of piperidine rings is 1. The summed E-state index contributed by atoms with van der Waals surface area (Å²) in [4.78, 5) is 37.9. The lowest BCUT2D eigenvalue weighted by Crippen LogP contribution is -2.69. The van der Waals surface area contributed by atoms with Crippen molar-refractivity contribution in [3.8, 4) is 11.5 Å². The molecule has 2 aliphatic rings. The number of nitrogens with zero attached hydrogens (tertiary/aromatic N) is 4. The van der Waals surface area contributed by atoms with Gasteiger partial charge < -0.3 is 28.9 Å². The van der Waals surface area contributed by atoms with Crippen molar-refractivity contribution in [2.24, 2.45) is 0 Å². The number of piperazine rings is 1. The highest BCUT2D eigenvalue weighted by Crippen LogP contribution is 2.40. The SMILES string of the molecule is C=C.C=CCC1N(C(=O)c2cnccc2C(F)(F)F)CCCC1(Oc1ccc(C)cc1)C(=O)N1CCN(c2ccccc2OCCOC)CC1. The molecule has 3 aromatic rings. The van der Waals surface area contributed by atoms with E-state index in [1.165, 1.54) is 4.90 Å². The number of halogens is 3. The summed E-state index contributed by atoms with van der Waals surface area (Å²) in [5, 5.41) is 0. The highest BCUT2D eigenvalue weighted by molar-refractivity contribution is 5.97. The summed E-state index contributed by atoms with van der Waals surface area (Å²) in [6.45, 7) is 14.5. The second-order valence-electron chi connectivity index (χ2n) is 12.0. The second-order valence-corrected chi connectivity index (χ2v) is 12.0. The minimum Gasteiger partial charge on any atom is -0.489 e. The third-order valence-electron chi connectivity index (χ3n) is 8.87. The molecule has 3 heterocycles. The number of ether oxygens (including phenoxy) is 3. The first-order valence-electron chi connectivity index (χ1n) is 16.5. The Balaban J connectivity index is 0.00000276. The zero-order chi connectivity index (χ0) is 36.3. The van der Waals surface area contributed by atoms with Crippen LogP contribution in [0.5, 0.6) is 11.5 Å². The van der Waals surface area contributed by atoms with Gasteiger partial charge in [0.25, 0.3) is 11.8 Å². The lowest BCUT2D eigenvalue weighted by molar-refractivity contribution is -0.159. The summed E-state index contributed by atoms with van der Waals surface area (Å²) in [5.74, 6) is -0.0365. The monoisotopic (exact) mass is 694 g/mol. The molecule has 2 amide bonds. The molecule has 268 valence electrons. The Morgan fingerprint density at radius 3 is 2.36 bits per heavy atom. The summed E-state index contributed by atoms with van der Waals surface area (Å²) in [7, 11) is 1.61. The van der Waals surface area contributed by atoms with Gasteiger partial charge in [0.15, 0.2) is 0 Å². The molecular formula is C38H45F3N4O5. The van der Waals surface area contributed by atoms with Gasteiger partial charge in [0.2, 0.25) is 5.60 Å². The van der Waals surface area contributed by atoms with E-state index in [0.717, 1.165) is 35.5 Å². The Hall–Kier alpha value is -4.84. The lowest BCUT2D eigenvalue weighted by atomic mass is 9.80. The quantitative estimate of drug-likeness (QED) is 0.166. The van der Waals surface area contributed by atoms with Gasteiger partial charge in [0, 0.05) is 58.6 Å². The minimum atomic E-state index is -4.77. The number of hydrogen-bond acceptors (Lipinski definition) is 7. The van der Waals surface area contributed by atoms with Gasteiger partial charge in [-0.15, -0.1) is 19.7 Å². The molecular weight excluding hydrogens is 649 g/mol. The summed E-state index contributed by atoms with van der Waals surface area (Å²) in [6, 6.07) is 14.8. The van der Waals surface area contributed by atoms with Crippen LogP contribution in [0.4, 0.5) is 18.9 Å². The number of aromatic nitrogens is 1. The fourth-order valence-electron chi connectivity index (χ4n) is 6.49. The third kappa shape index (κ3) is 8.47. The Labute approximate surface area is 291 Å². The Kier molecular flexibility index (Phi) is 13.1. The topological polar surface area (TPSA) is 84.4 Å². The van der Waals surface area contributed by atoms with Crippen LogP contribution in [-0.4, -0.2) is 91.3 Å². The highest BCUT2D eigenvalue weighted by atomic mass is 19.4. The number of anilines is 1. The van der Waals surface area contributed by atoms with Crippen LogP contribution in [0.2, 0.25) is 0 Å². The van der Waals surface area contributed by atoms with E-state index in [0.29, 0.717) is 51.6 Å². The molecule has 2 fully saturated rings. The minimum absolute atomic E-state index is 0.122. The van der Waals surface area contributed by atoms with E-state index in [1.54, 1.807) is 30.2 Å². The Morgan fingerprint density at radius 1 is 1.00 bits per heavy atom. The molecule has 9 nitrogen and oxygen atoms in total. The van der Waals surface area contributed by atoms with Gasteiger partial charge in [0.1, 0.15) is 18.1 Å². The molecule has 2 unspecified atom stereocenters. The van der Waals surface area contributed by atoms with Gasteiger partial charge in [-0.2, -0.15) is 13.2 Å². The average molecular weight is 695 g/mol. The smallest absolute Gasteiger partial charge is 0.417 e. The van der Waals surface area contributed by atoms with Crippen LogP contribution >= 0.6 is 0 Å². The lowest BCUT2D eigenvalue weighted by Gasteiger charge is -2.50. The number of hydrogen-bond donors (Lipinski definition) is 0. The van der Waals surface area contributed by atoms with Crippen LogP contribution in [0, 0.1) is 6.92 Å². The van der Waals surface area contributed by atoms with Crippen LogP contribution in [0.15, 0.2) is 92.8 Å². The van der Waals surface area contributed by atoms with E-state index >= 15 is 0 Å². The first-order chi connectivity index (χ1) is 24.1. The van der Waals surface area contributed by atoms with E-state index in [1.807, 2.05) is 43.3 Å². The van der Waals surface area contributed by atoms with Crippen LogP contribution in [0.1, 0.15) is 40.7 Å². The maximum absolute atomic E-state index is 14.8. The zero-order valence-electron chi connectivity index (χ0n) is 28.7. The normalized spacial score (nSPS) is 19.2. The largest absolute Gasteiger partial charge is 0.489 e. The number of carbonyl (C=O) groups is 2. The first kappa shape index (κ1) is 38.0. The average Bonchev–Trinajstić information content (AvgIpc) is 3.13. The first-order valence-corrected chi connectivity index (χ1v) is 16.5. The molecule has 2 saturated heterocycles. The summed E-state index contributed by atoms with van der Waals surface area (Å²) in [6.07, 6.45) is -0.529. The van der Waals surface area contributed by atoms with Crippen molar-refractivity contribution in [3.05, 3.63) is 109 Å². The summed E-state index contributed by atoms with van der Waals surface area (Å²) < 4.78 is 59.7. The maximum Gasteiger partial charge on any atom is 0.417 e.